The molecule has 0 spiro atoms. The van der Waals surface area contributed by atoms with Crippen LogP contribution in [0.3, 0.4) is 0 Å². The lowest BCUT2D eigenvalue weighted by Gasteiger charge is -2.15. The second kappa shape index (κ2) is 8.42. The van der Waals surface area contributed by atoms with Crippen LogP contribution in [0.5, 0.6) is 0 Å². The van der Waals surface area contributed by atoms with Gasteiger partial charge in [-0.05, 0) is 76.6 Å². The van der Waals surface area contributed by atoms with Crippen LogP contribution >= 0.6 is 0 Å². The predicted molar refractivity (Wildman–Crippen MR) is 107 cm³/mol. The zero-order valence-corrected chi connectivity index (χ0v) is 16.4. The number of esters is 1. The van der Waals surface area contributed by atoms with E-state index in [1.807, 2.05) is 26.0 Å². The minimum absolute atomic E-state index is 0.255. The van der Waals surface area contributed by atoms with Crippen molar-refractivity contribution in [3.63, 3.8) is 0 Å². The van der Waals surface area contributed by atoms with E-state index in [0.717, 1.165) is 41.4 Å². The number of benzene rings is 1. The van der Waals surface area contributed by atoms with Crippen LogP contribution in [0.4, 0.5) is 0 Å². The molecule has 1 aromatic carbocycles. The summed E-state index contributed by atoms with van der Waals surface area (Å²) < 4.78 is 5.36. The maximum atomic E-state index is 12.4. The molecule has 1 aromatic heterocycles. The molecule has 0 fully saturated rings. The normalized spacial score (nSPS) is 15.3. The van der Waals surface area contributed by atoms with Crippen molar-refractivity contribution >= 4 is 22.8 Å². The summed E-state index contributed by atoms with van der Waals surface area (Å²) in [5.74, 6) is -0.734. The molecule has 1 aliphatic rings. The fourth-order valence-corrected chi connectivity index (χ4v) is 3.49. The number of fused-ring (bicyclic) bond motifs is 1. The van der Waals surface area contributed by atoms with Crippen LogP contribution < -0.4 is 5.32 Å². The van der Waals surface area contributed by atoms with E-state index in [9.17, 15) is 9.59 Å². The van der Waals surface area contributed by atoms with Crippen molar-refractivity contribution in [1.29, 1.82) is 0 Å². The Bertz CT molecular complexity index is 879. The van der Waals surface area contributed by atoms with Gasteiger partial charge in [-0.3, -0.25) is 4.79 Å². The molecule has 1 amide bonds. The molecule has 0 saturated heterocycles. The second-order valence-corrected chi connectivity index (χ2v) is 7.33. The van der Waals surface area contributed by atoms with E-state index >= 15 is 0 Å². The Morgan fingerprint density at radius 3 is 2.81 bits per heavy atom. The van der Waals surface area contributed by atoms with E-state index in [4.69, 9.17) is 4.74 Å². The SMILES string of the molecule is Cc1[nH]c2ccc(C(=O)OC(C)C(=O)NCCC3=CCCCC3)cc2c1C. The summed E-state index contributed by atoms with van der Waals surface area (Å²) in [6, 6.07) is 5.41. The highest BCUT2D eigenvalue weighted by molar-refractivity contribution is 5.97. The van der Waals surface area contributed by atoms with Gasteiger partial charge in [0.15, 0.2) is 6.10 Å². The first-order chi connectivity index (χ1) is 13.0. The molecule has 0 aliphatic heterocycles. The van der Waals surface area contributed by atoms with Crippen LogP contribution in [0.15, 0.2) is 29.8 Å². The summed E-state index contributed by atoms with van der Waals surface area (Å²) in [4.78, 5) is 27.9. The molecule has 144 valence electrons. The Morgan fingerprint density at radius 1 is 1.26 bits per heavy atom. The van der Waals surface area contributed by atoms with Gasteiger partial charge >= 0.3 is 5.97 Å². The fourth-order valence-electron chi connectivity index (χ4n) is 3.49. The van der Waals surface area contributed by atoms with E-state index in [-0.39, 0.29) is 5.91 Å². The number of rotatable bonds is 6. The Balaban J connectivity index is 1.54. The Hall–Kier alpha value is -2.56. The van der Waals surface area contributed by atoms with Gasteiger partial charge in [0, 0.05) is 23.1 Å². The molecule has 5 heteroatoms. The van der Waals surface area contributed by atoms with Crippen molar-refractivity contribution in [3.8, 4) is 0 Å². The van der Waals surface area contributed by atoms with Gasteiger partial charge in [0.05, 0.1) is 5.56 Å². The quantitative estimate of drug-likeness (QED) is 0.589. The van der Waals surface area contributed by atoms with E-state index in [2.05, 4.69) is 16.4 Å². The number of hydrogen-bond acceptors (Lipinski definition) is 3. The third kappa shape index (κ3) is 4.59. The smallest absolute Gasteiger partial charge is 0.338 e. The molecule has 3 rings (SSSR count). The van der Waals surface area contributed by atoms with Crippen LogP contribution in [0.1, 0.15) is 60.6 Å². The first-order valence-corrected chi connectivity index (χ1v) is 9.71. The minimum Gasteiger partial charge on any atom is -0.449 e. The topological polar surface area (TPSA) is 71.2 Å². The number of amides is 1. The van der Waals surface area contributed by atoms with Crippen molar-refractivity contribution in [1.82, 2.24) is 10.3 Å². The van der Waals surface area contributed by atoms with Crippen LogP contribution in [0.2, 0.25) is 0 Å². The number of aromatic amines is 1. The van der Waals surface area contributed by atoms with Gasteiger partial charge in [-0.15, -0.1) is 0 Å². The molecule has 2 aromatic rings. The number of aromatic nitrogens is 1. The average molecular weight is 368 g/mol. The molecule has 0 bridgehead atoms. The molecule has 1 aliphatic carbocycles. The van der Waals surface area contributed by atoms with Crippen LogP contribution in [-0.2, 0) is 9.53 Å². The number of carbonyl (C=O) groups excluding carboxylic acids is 2. The van der Waals surface area contributed by atoms with Crippen molar-refractivity contribution in [2.75, 3.05) is 6.54 Å². The number of ether oxygens (including phenoxy) is 1. The van der Waals surface area contributed by atoms with E-state index in [1.54, 1.807) is 13.0 Å². The average Bonchev–Trinajstić information content (AvgIpc) is 2.96. The van der Waals surface area contributed by atoms with E-state index in [1.165, 1.54) is 18.4 Å². The van der Waals surface area contributed by atoms with Gasteiger partial charge in [0.2, 0.25) is 0 Å². The second-order valence-electron chi connectivity index (χ2n) is 7.33. The van der Waals surface area contributed by atoms with Gasteiger partial charge in [0.25, 0.3) is 5.91 Å². The number of carbonyl (C=O) groups is 2. The number of H-pyrrole nitrogens is 1. The highest BCUT2D eigenvalue weighted by Gasteiger charge is 2.19. The van der Waals surface area contributed by atoms with Crippen molar-refractivity contribution in [2.45, 2.75) is 59.0 Å². The zero-order valence-electron chi connectivity index (χ0n) is 16.4. The molecule has 0 radical (unpaired) electrons. The third-order valence-corrected chi connectivity index (χ3v) is 5.33. The summed E-state index contributed by atoms with van der Waals surface area (Å²) in [7, 11) is 0. The fraction of sp³-hybridized carbons (Fsp3) is 0.455. The van der Waals surface area contributed by atoms with E-state index < -0.39 is 12.1 Å². The standard InChI is InChI=1S/C22H28N2O3/c1-14-15(2)24-20-10-9-18(13-19(14)20)22(26)27-16(3)21(25)23-12-11-17-7-5-4-6-8-17/h7,9-10,13,16,24H,4-6,8,11-12H2,1-3H3,(H,23,25). The third-order valence-electron chi connectivity index (χ3n) is 5.33. The molecular formula is C22H28N2O3. The maximum absolute atomic E-state index is 12.4. The van der Waals surface area contributed by atoms with Gasteiger partial charge in [-0.2, -0.15) is 0 Å². The molecular weight excluding hydrogens is 340 g/mol. The molecule has 5 nitrogen and oxygen atoms in total. The summed E-state index contributed by atoms with van der Waals surface area (Å²) in [6.07, 6.45) is 7.09. The van der Waals surface area contributed by atoms with Gasteiger partial charge < -0.3 is 15.0 Å². The number of nitrogens with one attached hydrogen (secondary N) is 2. The van der Waals surface area contributed by atoms with Gasteiger partial charge in [-0.25, -0.2) is 4.79 Å². The predicted octanol–water partition coefficient (Wildman–Crippen LogP) is 4.34. The summed E-state index contributed by atoms with van der Waals surface area (Å²) >= 11 is 0. The molecule has 1 heterocycles. The van der Waals surface area contributed by atoms with Crippen molar-refractivity contribution in [3.05, 3.63) is 46.7 Å². The Labute approximate surface area is 160 Å². The molecule has 27 heavy (non-hydrogen) atoms. The lowest BCUT2D eigenvalue weighted by atomic mass is 9.97. The molecule has 1 atom stereocenters. The summed E-state index contributed by atoms with van der Waals surface area (Å²) in [5.41, 5.74) is 5.05. The zero-order chi connectivity index (χ0) is 19.4. The van der Waals surface area contributed by atoms with Crippen LogP contribution in [0, 0.1) is 13.8 Å². The largest absolute Gasteiger partial charge is 0.449 e. The highest BCUT2D eigenvalue weighted by Crippen LogP contribution is 2.23. The lowest BCUT2D eigenvalue weighted by Crippen LogP contribution is -2.36. The number of allylic oxidation sites excluding steroid dienone is 1. The Kier molecular flexibility index (Phi) is 5.99. The van der Waals surface area contributed by atoms with Gasteiger partial charge in [0.1, 0.15) is 0 Å². The maximum Gasteiger partial charge on any atom is 0.338 e. The summed E-state index contributed by atoms with van der Waals surface area (Å²) in [5, 5.41) is 3.87. The first-order valence-electron chi connectivity index (χ1n) is 9.71. The number of aryl methyl sites for hydroxylation is 2. The number of hydrogen-bond donors (Lipinski definition) is 2. The van der Waals surface area contributed by atoms with E-state index in [0.29, 0.717) is 12.1 Å². The highest BCUT2D eigenvalue weighted by atomic mass is 16.5. The first kappa shape index (κ1) is 19.2. The van der Waals surface area contributed by atoms with Crippen LogP contribution in [0.25, 0.3) is 10.9 Å². The lowest BCUT2D eigenvalue weighted by molar-refractivity contribution is -0.129. The van der Waals surface area contributed by atoms with Crippen molar-refractivity contribution in [2.24, 2.45) is 0 Å². The Morgan fingerprint density at radius 2 is 2.07 bits per heavy atom. The summed E-state index contributed by atoms with van der Waals surface area (Å²) in [6.45, 7) is 6.21. The van der Waals surface area contributed by atoms with Gasteiger partial charge in [-0.1, -0.05) is 11.6 Å². The molecule has 1 unspecified atom stereocenters. The molecule has 0 saturated carbocycles. The monoisotopic (exact) mass is 368 g/mol. The minimum atomic E-state index is -0.817. The molecule has 2 N–H and O–H groups in total. The van der Waals surface area contributed by atoms with Crippen LogP contribution in [-0.4, -0.2) is 29.5 Å². The van der Waals surface area contributed by atoms with Crippen molar-refractivity contribution < 1.29 is 14.3 Å².